The van der Waals surface area contributed by atoms with Crippen molar-refractivity contribution in [3.8, 4) is 11.5 Å². The highest BCUT2D eigenvalue weighted by atomic mass is 16.6. The van der Waals surface area contributed by atoms with Crippen molar-refractivity contribution in [3.63, 3.8) is 0 Å². The Morgan fingerprint density at radius 3 is 2.50 bits per heavy atom. The molecule has 0 spiro atoms. The molecular formula is C16H22O4. The van der Waals surface area contributed by atoms with Gasteiger partial charge in [-0.05, 0) is 30.5 Å². The molecular weight excluding hydrogens is 256 g/mol. The molecule has 1 N–H and O–H groups in total. The van der Waals surface area contributed by atoms with Gasteiger partial charge in [-0.15, -0.1) is 0 Å². The standard InChI is InChI=1S/C16H22O4/c1-18-16(7-3-2-4-8-16)15(17)12-5-6-13-14(11-12)20-10-9-19-13/h5-6,11,15,17H,2-4,7-10H2,1H3. The van der Waals surface area contributed by atoms with E-state index >= 15 is 0 Å². The first-order valence-electron chi connectivity index (χ1n) is 7.38. The molecule has 1 aliphatic carbocycles. The fourth-order valence-corrected chi connectivity index (χ4v) is 3.27. The van der Waals surface area contributed by atoms with E-state index in [1.54, 1.807) is 7.11 Å². The second-order valence-corrected chi connectivity index (χ2v) is 5.64. The molecule has 20 heavy (non-hydrogen) atoms. The second kappa shape index (κ2) is 5.62. The Bertz CT molecular complexity index is 466. The summed E-state index contributed by atoms with van der Waals surface area (Å²) < 4.78 is 16.8. The maximum absolute atomic E-state index is 10.8. The molecule has 2 aliphatic rings. The molecule has 1 aromatic rings. The predicted molar refractivity (Wildman–Crippen MR) is 75.2 cm³/mol. The van der Waals surface area contributed by atoms with Gasteiger partial charge in [0, 0.05) is 7.11 Å². The third kappa shape index (κ3) is 2.38. The summed E-state index contributed by atoms with van der Waals surface area (Å²) in [5.74, 6) is 1.47. The van der Waals surface area contributed by atoms with Crippen LogP contribution < -0.4 is 9.47 Å². The van der Waals surface area contributed by atoms with Crippen molar-refractivity contribution in [3.05, 3.63) is 23.8 Å². The third-order valence-corrected chi connectivity index (χ3v) is 4.49. The quantitative estimate of drug-likeness (QED) is 0.923. The van der Waals surface area contributed by atoms with Crippen LogP contribution in [0.3, 0.4) is 0 Å². The smallest absolute Gasteiger partial charge is 0.161 e. The Morgan fingerprint density at radius 1 is 1.10 bits per heavy atom. The first kappa shape index (κ1) is 13.7. The number of ether oxygens (including phenoxy) is 3. The van der Waals surface area contributed by atoms with Gasteiger partial charge < -0.3 is 19.3 Å². The van der Waals surface area contributed by atoms with E-state index in [-0.39, 0.29) is 0 Å². The zero-order valence-corrected chi connectivity index (χ0v) is 11.9. The predicted octanol–water partition coefficient (Wildman–Crippen LogP) is 2.84. The zero-order chi connectivity index (χ0) is 14.0. The van der Waals surface area contributed by atoms with Crippen LogP contribution in [0.2, 0.25) is 0 Å². The van der Waals surface area contributed by atoms with Crippen molar-refractivity contribution in [1.29, 1.82) is 0 Å². The van der Waals surface area contributed by atoms with Gasteiger partial charge in [-0.3, -0.25) is 0 Å². The minimum Gasteiger partial charge on any atom is -0.486 e. The van der Waals surface area contributed by atoms with Gasteiger partial charge in [-0.1, -0.05) is 25.3 Å². The van der Waals surface area contributed by atoms with Gasteiger partial charge >= 0.3 is 0 Å². The van der Waals surface area contributed by atoms with Gasteiger partial charge in [0.15, 0.2) is 11.5 Å². The Hall–Kier alpha value is -1.26. The van der Waals surface area contributed by atoms with Gasteiger partial charge in [0.2, 0.25) is 0 Å². The van der Waals surface area contributed by atoms with E-state index in [1.807, 2.05) is 18.2 Å². The molecule has 1 unspecified atom stereocenters. The third-order valence-electron chi connectivity index (χ3n) is 4.49. The van der Waals surface area contributed by atoms with Crippen LogP contribution in [0.5, 0.6) is 11.5 Å². The topological polar surface area (TPSA) is 47.9 Å². The molecule has 0 amide bonds. The number of fused-ring (bicyclic) bond motifs is 1. The van der Waals surface area contributed by atoms with Crippen molar-refractivity contribution in [2.75, 3.05) is 20.3 Å². The van der Waals surface area contributed by atoms with Crippen molar-refractivity contribution < 1.29 is 19.3 Å². The second-order valence-electron chi connectivity index (χ2n) is 5.64. The Labute approximate surface area is 119 Å². The van der Waals surface area contributed by atoms with Gasteiger partial charge in [-0.25, -0.2) is 0 Å². The minimum atomic E-state index is -0.622. The van der Waals surface area contributed by atoms with Crippen molar-refractivity contribution in [1.82, 2.24) is 0 Å². The molecule has 1 aromatic carbocycles. The van der Waals surface area contributed by atoms with Crippen molar-refractivity contribution in [2.45, 2.75) is 43.8 Å². The minimum absolute atomic E-state index is 0.456. The van der Waals surface area contributed by atoms with E-state index in [4.69, 9.17) is 14.2 Å². The molecule has 4 nitrogen and oxygen atoms in total. The highest BCUT2D eigenvalue weighted by Crippen LogP contribution is 2.43. The maximum atomic E-state index is 10.8. The number of aliphatic hydroxyl groups is 1. The lowest BCUT2D eigenvalue weighted by Crippen LogP contribution is -2.40. The highest BCUT2D eigenvalue weighted by molar-refractivity contribution is 5.44. The van der Waals surface area contributed by atoms with E-state index in [9.17, 15) is 5.11 Å². The van der Waals surface area contributed by atoms with Crippen LogP contribution in [0.1, 0.15) is 43.8 Å². The monoisotopic (exact) mass is 278 g/mol. The molecule has 0 radical (unpaired) electrons. The average Bonchev–Trinajstić information content (AvgIpc) is 2.54. The van der Waals surface area contributed by atoms with Crippen molar-refractivity contribution >= 4 is 0 Å². The fourth-order valence-electron chi connectivity index (χ4n) is 3.27. The summed E-state index contributed by atoms with van der Waals surface area (Å²) in [4.78, 5) is 0. The molecule has 110 valence electrons. The lowest BCUT2D eigenvalue weighted by atomic mass is 9.78. The lowest BCUT2D eigenvalue weighted by molar-refractivity contribution is -0.125. The van der Waals surface area contributed by atoms with E-state index in [1.165, 1.54) is 6.42 Å². The molecule has 1 saturated carbocycles. The molecule has 1 aliphatic heterocycles. The first-order valence-corrected chi connectivity index (χ1v) is 7.38. The van der Waals surface area contributed by atoms with Crippen molar-refractivity contribution in [2.24, 2.45) is 0 Å². The molecule has 1 fully saturated rings. The number of rotatable bonds is 3. The summed E-state index contributed by atoms with van der Waals surface area (Å²) in [5.41, 5.74) is 0.389. The normalized spacial score (nSPS) is 22.3. The SMILES string of the molecule is COC1(C(O)c2ccc3c(c2)OCCO3)CCCCC1. The summed E-state index contributed by atoms with van der Waals surface area (Å²) in [6, 6.07) is 5.67. The Kier molecular flexibility index (Phi) is 3.85. The Morgan fingerprint density at radius 2 is 1.80 bits per heavy atom. The van der Waals surface area contributed by atoms with Crippen LogP contribution in [0, 0.1) is 0 Å². The van der Waals surface area contributed by atoms with Crippen LogP contribution in [0.4, 0.5) is 0 Å². The van der Waals surface area contributed by atoms with Crippen LogP contribution in [-0.4, -0.2) is 31.0 Å². The summed E-state index contributed by atoms with van der Waals surface area (Å²) in [5, 5.41) is 10.8. The van der Waals surface area contributed by atoms with Crippen LogP contribution in [-0.2, 0) is 4.74 Å². The van der Waals surface area contributed by atoms with Gasteiger partial charge in [0.1, 0.15) is 19.3 Å². The average molecular weight is 278 g/mol. The molecule has 1 atom stereocenters. The molecule has 0 saturated heterocycles. The number of methoxy groups -OCH3 is 1. The molecule has 0 aromatic heterocycles. The number of hydrogen-bond acceptors (Lipinski definition) is 4. The van der Waals surface area contributed by atoms with Crippen LogP contribution in [0.25, 0.3) is 0 Å². The summed E-state index contributed by atoms with van der Waals surface area (Å²) in [6.45, 7) is 1.14. The molecule has 1 heterocycles. The summed E-state index contributed by atoms with van der Waals surface area (Å²) in [6.07, 6.45) is 4.62. The van der Waals surface area contributed by atoms with Gasteiger partial charge in [-0.2, -0.15) is 0 Å². The number of hydrogen-bond donors (Lipinski definition) is 1. The van der Waals surface area contributed by atoms with E-state index in [0.29, 0.717) is 13.2 Å². The van der Waals surface area contributed by atoms with Gasteiger partial charge in [0.25, 0.3) is 0 Å². The Balaban J connectivity index is 1.87. The van der Waals surface area contributed by atoms with Crippen LogP contribution >= 0.6 is 0 Å². The fraction of sp³-hybridized carbons (Fsp3) is 0.625. The maximum Gasteiger partial charge on any atom is 0.161 e. The molecule has 3 rings (SSSR count). The number of benzene rings is 1. The number of aliphatic hydroxyl groups excluding tert-OH is 1. The van der Waals surface area contributed by atoms with Gasteiger partial charge in [0.05, 0.1) is 5.60 Å². The highest BCUT2D eigenvalue weighted by Gasteiger charge is 2.40. The summed E-state index contributed by atoms with van der Waals surface area (Å²) in [7, 11) is 1.70. The lowest BCUT2D eigenvalue weighted by Gasteiger charge is -2.40. The zero-order valence-electron chi connectivity index (χ0n) is 11.9. The first-order chi connectivity index (χ1) is 9.75. The largest absolute Gasteiger partial charge is 0.486 e. The van der Waals surface area contributed by atoms with E-state index < -0.39 is 11.7 Å². The van der Waals surface area contributed by atoms with E-state index in [2.05, 4.69) is 0 Å². The molecule has 4 heteroatoms. The van der Waals surface area contributed by atoms with E-state index in [0.717, 1.165) is 42.7 Å². The van der Waals surface area contributed by atoms with Crippen LogP contribution in [0.15, 0.2) is 18.2 Å². The molecule has 0 bridgehead atoms. The summed E-state index contributed by atoms with van der Waals surface area (Å²) >= 11 is 0.